The van der Waals surface area contributed by atoms with Crippen LogP contribution in [0.4, 0.5) is 11.4 Å². The number of benzene rings is 2. The molecule has 0 bridgehead atoms. The van der Waals surface area contributed by atoms with E-state index < -0.39 is 0 Å². The number of fused-ring (bicyclic) bond motifs is 1. The van der Waals surface area contributed by atoms with Crippen LogP contribution in [0.3, 0.4) is 0 Å². The van der Waals surface area contributed by atoms with Crippen LogP contribution in [0.25, 0.3) is 0 Å². The lowest BCUT2D eigenvalue weighted by atomic mass is 10.1. The second kappa shape index (κ2) is 9.86. The average molecular weight is 420 g/mol. The predicted molar refractivity (Wildman–Crippen MR) is 124 cm³/mol. The van der Waals surface area contributed by atoms with Gasteiger partial charge in [0.2, 0.25) is 0 Å². The fraction of sp³-hybridized carbons (Fsp3) is 0.400. The molecular formula is C25H29N3O3. The van der Waals surface area contributed by atoms with Crippen molar-refractivity contribution in [3.8, 4) is 23.8 Å². The Bertz CT molecular complexity index is 982. The molecule has 2 aliphatic heterocycles. The van der Waals surface area contributed by atoms with Crippen LogP contribution in [-0.2, 0) is 4.74 Å². The van der Waals surface area contributed by atoms with Crippen LogP contribution in [0.5, 0.6) is 11.5 Å². The highest BCUT2D eigenvalue weighted by Gasteiger charge is 2.22. The van der Waals surface area contributed by atoms with Gasteiger partial charge in [0.05, 0.1) is 25.5 Å². The quantitative estimate of drug-likeness (QED) is 0.482. The molecule has 0 saturated carbocycles. The van der Waals surface area contributed by atoms with Crippen LogP contribution >= 0.6 is 0 Å². The number of rotatable bonds is 8. The molecule has 6 nitrogen and oxygen atoms in total. The molecule has 0 radical (unpaired) electrons. The van der Waals surface area contributed by atoms with Gasteiger partial charge in [0.1, 0.15) is 6.67 Å². The standard InChI is InChI=1S/C25H29N3O3/c1-4-19-7-5-8-21(13-19)28-18-26-16-20-14-25(24(30-3)15-23(20)28)31-12-6-10-27-11-9-22(17-27)29-2/h1,5,7-8,13-16,22H,6,9-12,17-18H2,2-3H3. The van der Waals surface area contributed by atoms with Gasteiger partial charge in [0, 0.05) is 55.8 Å². The molecule has 1 fully saturated rings. The van der Waals surface area contributed by atoms with Gasteiger partial charge in [-0.1, -0.05) is 12.0 Å². The molecule has 0 N–H and O–H groups in total. The van der Waals surface area contributed by atoms with E-state index in [0.717, 1.165) is 60.7 Å². The van der Waals surface area contributed by atoms with Crippen molar-refractivity contribution < 1.29 is 14.2 Å². The second-order valence-electron chi connectivity index (χ2n) is 7.79. The highest BCUT2D eigenvalue weighted by Crippen LogP contribution is 2.39. The summed E-state index contributed by atoms with van der Waals surface area (Å²) in [5.41, 5.74) is 3.87. The Morgan fingerprint density at radius 2 is 2.10 bits per heavy atom. The summed E-state index contributed by atoms with van der Waals surface area (Å²) in [6.45, 7) is 4.27. The minimum absolute atomic E-state index is 0.366. The molecule has 1 atom stereocenters. The first-order valence-corrected chi connectivity index (χ1v) is 10.7. The van der Waals surface area contributed by atoms with Gasteiger partial charge in [-0.2, -0.15) is 0 Å². The summed E-state index contributed by atoms with van der Waals surface area (Å²) < 4.78 is 17.2. The van der Waals surface area contributed by atoms with E-state index in [4.69, 9.17) is 20.6 Å². The first-order chi connectivity index (χ1) is 15.2. The van der Waals surface area contributed by atoms with E-state index in [-0.39, 0.29) is 0 Å². The van der Waals surface area contributed by atoms with Crippen molar-refractivity contribution in [3.63, 3.8) is 0 Å². The smallest absolute Gasteiger partial charge is 0.162 e. The van der Waals surface area contributed by atoms with Gasteiger partial charge in [0.15, 0.2) is 11.5 Å². The third kappa shape index (κ3) is 4.84. The molecule has 1 saturated heterocycles. The van der Waals surface area contributed by atoms with Crippen molar-refractivity contribution in [3.05, 3.63) is 47.5 Å². The molecule has 0 aliphatic carbocycles. The Morgan fingerprint density at radius 1 is 1.19 bits per heavy atom. The van der Waals surface area contributed by atoms with Gasteiger partial charge < -0.3 is 24.0 Å². The summed E-state index contributed by atoms with van der Waals surface area (Å²) in [5, 5.41) is 0. The molecule has 0 spiro atoms. The zero-order valence-electron chi connectivity index (χ0n) is 18.2. The van der Waals surface area contributed by atoms with E-state index in [1.807, 2.05) is 42.6 Å². The summed E-state index contributed by atoms with van der Waals surface area (Å²) in [6, 6.07) is 11.9. The number of ether oxygens (including phenoxy) is 3. The Kier molecular flexibility index (Phi) is 6.76. The summed E-state index contributed by atoms with van der Waals surface area (Å²) in [7, 11) is 3.46. The third-order valence-corrected chi connectivity index (χ3v) is 5.82. The number of anilines is 2. The van der Waals surface area contributed by atoms with Gasteiger partial charge in [-0.05, 0) is 37.1 Å². The van der Waals surface area contributed by atoms with Gasteiger partial charge in [-0.15, -0.1) is 6.42 Å². The summed E-state index contributed by atoms with van der Waals surface area (Å²) in [4.78, 5) is 9.08. The molecule has 162 valence electrons. The van der Waals surface area contributed by atoms with Crippen LogP contribution in [0.2, 0.25) is 0 Å². The number of terminal acetylenes is 1. The summed E-state index contributed by atoms with van der Waals surface area (Å²) in [5.74, 6) is 4.15. The Hall–Kier alpha value is -3.01. The molecule has 6 heteroatoms. The molecule has 0 aromatic heterocycles. The lowest BCUT2D eigenvalue weighted by Crippen LogP contribution is -2.25. The molecule has 1 unspecified atom stereocenters. The number of likely N-dealkylation sites (tertiary alicyclic amines) is 1. The van der Waals surface area contributed by atoms with E-state index in [0.29, 0.717) is 25.1 Å². The maximum absolute atomic E-state index is 6.09. The zero-order valence-corrected chi connectivity index (χ0v) is 18.2. The molecule has 2 aliphatic rings. The van der Waals surface area contributed by atoms with E-state index in [1.54, 1.807) is 14.2 Å². The molecule has 2 aromatic carbocycles. The second-order valence-corrected chi connectivity index (χ2v) is 7.79. The highest BCUT2D eigenvalue weighted by atomic mass is 16.5. The lowest BCUT2D eigenvalue weighted by molar-refractivity contribution is 0.107. The topological polar surface area (TPSA) is 46.5 Å². The SMILES string of the molecule is C#Cc1cccc(N2CN=Cc3cc(OCCCN4CCC(OC)C4)c(OC)cc32)c1. The molecule has 2 aromatic rings. The van der Waals surface area contributed by atoms with Crippen molar-refractivity contribution in [1.29, 1.82) is 0 Å². The van der Waals surface area contributed by atoms with Crippen LogP contribution < -0.4 is 14.4 Å². The monoisotopic (exact) mass is 419 g/mol. The predicted octanol–water partition coefficient (Wildman–Crippen LogP) is 3.69. The van der Waals surface area contributed by atoms with Crippen molar-refractivity contribution in [1.82, 2.24) is 4.90 Å². The Labute approximate surface area is 184 Å². The molecule has 4 rings (SSSR count). The number of hydrogen-bond acceptors (Lipinski definition) is 6. The van der Waals surface area contributed by atoms with E-state index in [2.05, 4.69) is 20.7 Å². The maximum Gasteiger partial charge on any atom is 0.162 e. The largest absolute Gasteiger partial charge is 0.493 e. The van der Waals surface area contributed by atoms with Crippen molar-refractivity contribution in [2.24, 2.45) is 4.99 Å². The Balaban J connectivity index is 1.45. The summed E-state index contributed by atoms with van der Waals surface area (Å²) in [6.07, 6.45) is 9.89. The fourth-order valence-electron chi connectivity index (χ4n) is 4.12. The first-order valence-electron chi connectivity index (χ1n) is 10.7. The van der Waals surface area contributed by atoms with Crippen molar-refractivity contribution in [2.45, 2.75) is 18.9 Å². The lowest BCUT2D eigenvalue weighted by Gasteiger charge is -2.28. The third-order valence-electron chi connectivity index (χ3n) is 5.82. The van der Waals surface area contributed by atoms with Gasteiger partial charge >= 0.3 is 0 Å². The molecule has 2 heterocycles. The van der Waals surface area contributed by atoms with Crippen LogP contribution in [-0.4, -0.2) is 64.3 Å². The van der Waals surface area contributed by atoms with Crippen LogP contribution in [0.15, 0.2) is 41.4 Å². The van der Waals surface area contributed by atoms with Crippen molar-refractivity contribution >= 4 is 17.6 Å². The first kappa shape index (κ1) is 21.2. The minimum atomic E-state index is 0.366. The number of hydrogen-bond donors (Lipinski definition) is 0. The minimum Gasteiger partial charge on any atom is -0.493 e. The molecular weight excluding hydrogens is 390 g/mol. The van der Waals surface area contributed by atoms with Gasteiger partial charge in [-0.3, -0.25) is 4.99 Å². The highest BCUT2D eigenvalue weighted by molar-refractivity contribution is 5.93. The number of aliphatic imine (C=N–C) groups is 1. The van der Waals surface area contributed by atoms with E-state index in [9.17, 15) is 0 Å². The van der Waals surface area contributed by atoms with Gasteiger partial charge in [0.25, 0.3) is 0 Å². The molecule has 0 amide bonds. The normalized spacial score (nSPS) is 18.0. The summed E-state index contributed by atoms with van der Waals surface area (Å²) >= 11 is 0. The van der Waals surface area contributed by atoms with Crippen LogP contribution in [0, 0.1) is 12.3 Å². The number of nitrogens with zero attached hydrogens (tertiary/aromatic N) is 3. The zero-order chi connectivity index (χ0) is 21.6. The van der Waals surface area contributed by atoms with Gasteiger partial charge in [-0.25, -0.2) is 0 Å². The maximum atomic E-state index is 6.09. The average Bonchev–Trinajstić information content (AvgIpc) is 3.29. The molecule has 31 heavy (non-hydrogen) atoms. The van der Waals surface area contributed by atoms with E-state index >= 15 is 0 Å². The number of methoxy groups -OCH3 is 2. The van der Waals surface area contributed by atoms with Crippen LogP contribution in [0.1, 0.15) is 24.0 Å². The Morgan fingerprint density at radius 3 is 2.87 bits per heavy atom. The van der Waals surface area contributed by atoms with E-state index in [1.165, 1.54) is 0 Å². The fourth-order valence-corrected chi connectivity index (χ4v) is 4.12. The van der Waals surface area contributed by atoms with Crippen molar-refractivity contribution in [2.75, 3.05) is 52.0 Å².